The van der Waals surface area contributed by atoms with Crippen LogP contribution in [0.3, 0.4) is 0 Å². The van der Waals surface area contributed by atoms with Crippen LogP contribution in [-0.2, 0) is 6.42 Å². The van der Waals surface area contributed by atoms with E-state index in [9.17, 15) is 0 Å². The van der Waals surface area contributed by atoms with Crippen molar-refractivity contribution in [2.24, 2.45) is 0 Å². The van der Waals surface area contributed by atoms with E-state index in [0.29, 0.717) is 4.05 Å². The molecule has 2 nitrogen and oxygen atoms in total. The monoisotopic (exact) mass is 610 g/mol. The Morgan fingerprint density at radius 2 is 1.28 bits per heavy atom. The van der Waals surface area contributed by atoms with E-state index < -0.39 is 0 Å². The smallest absolute Gasteiger partial charge is 0.0899 e. The third-order valence-corrected chi connectivity index (χ3v) is 9.53. The Balaban J connectivity index is 1.29. The van der Waals surface area contributed by atoms with E-state index in [-0.39, 0.29) is 0 Å². The van der Waals surface area contributed by atoms with E-state index >= 15 is 0 Å². The van der Waals surface area contributed by atoms with Crippen molar-refractivity contribution in [2.45, 2.75) is 10.5 Å². The van der Waals surface area contributed by atoms with Crippen molar-refractivity contribution in [1.82, 2.24) is 9.13 Å². The molecule has 1 unspecified atom stereocenters. The quantitative estimate of drug-likeness (QED) is 0.136. The zero-order valence-electron chi connectivity index (χ0n) is 21.1. The highest BCUT2D eigenvalue weighted by molar-refractivity contribution is 14.1. The molecule has 0 amide bonds. The van der Waals surface area contributed by atoms with E-state index in [4.69, 9.17) is 0 Å². The molecule has 0 saturated carbocycles. The molecule has 3 heterocycles. The highest BCUT2D eigenvalue weighted by atomic mass is 127. The highest BCUT2D eigenvalue weighted by Crippen LogP contribution is 2.45. The van der Waals surface area contributed by atoms with Gasteiger partial charge in [-0.05, 0) is 82.1 Å². The summed E-state index contributed by atoms with van der Waals surface area (Å²) in [6.07, 6.45) is 1.08. The Morgan fingerprint density at radius 1 is 0.538 bits per heavy atom. The van der Waals surface area contributed by atoms with Crippen molar-refractivity contribution in [3.63, 3.8) is 0 Å². The third-order valence-electron chi connectivity index (χ3n) is 8.53. The average molecular weight is 610 g/mol. The Hall–Kier alpha value is -4.09. The van der Waals surface area contributed by atoms with Gasteiger partial charge in [-0.15, -0.1) is 0 Å². The summed E-state index contributed by atoms with van der Waals surface area (Å²) in [6.45, 7) is 0. The minimum Gasteiger partial charge on any atom is -0.327 e. The van der Waals surface area contributed by atoms with Crippen molar-refractivity contribution in [2.75, 3.05) is 0 Å². The Morgan fingerprint density at radius 3 is 2.13 bits per heavy atom. The zero-order chi connectivity index (χ0) is 25.7. The lowest BCUT2D eigenvalue weighted by Gasteiger charge is -2.10. The summed E-state index contributed by atoms with van der Waals surface area (Å²) in [5, 5.41) is 7.86. The summed E-state index contributed by atoms with van der Waals surface area (Å²) in [5.41, 5.74) is 10.5. The van der Waals surface area contributed by atoms with Crippen LogP contribution in [0, 0.1) is 0 Å². The van der Waals surface area contributed by atoms with Gasteiger partial charge >= 0.3 is 0 Å². The second-order valence-electron chi connectivity index (χ2n) is 10.7. The number of rotatable bonds is 2. The number of hydrogen-bond acceptors (Lipinski definition) is 0. The van der Waals surface area contributed by atoms with Crippen molar-refractivity contribution < 1.29 is 0 Å². The normalized spacial score (nSPS) is 14.9. The lowest BCUT2D eigenvalue weighted by Crippen LogP contribution is -1.95. The van der Waals surface area contributed by atoms with E-state index in [2.05, 4.69) is 153 Å². The molecule has 0 fully saturated rings. The van der Waals surface area contributed by atoms with Crippen LogP contribution in [0.1, 0.15) is 9.61 Å². The van der Waals surface area contributed by atoms with Crippen LogP contribution in [0.4, 0.5) is 0 Å². The minimum absolute atomic E-state index is 0.460. The molecule has 9 rings (SSSR count). The number of alkyl halides is 1. The minimum atomic E-state index is 0.460. The molecule has 0 saturated heterocycles. The van der Waals surface area contributed by atoms with Gasteiger partial charge in [-0.1, -0.05) is 89.3 Å². The van der Waals surface area contributed by atoms with E-state index in [0.717, 1.165) is 6.42 Å². The molecule has 3 heteroatoms. The number of nitrogens with zero attached hydrogens (tertiary/aromatic N) is 2. The molecule has 0 spiro atoms. The first-order valence-corrected chi connectivity index (χ1v) is 14.7. The molecule has 0 radical (unpaired) electrons. The molecule has 0 bridgehead atoms. The van der Waals surface area contributed by atoms with Crippen LogP contribution in [0.5, 0.6) is 0 Å². The topological polar surface area (TPSA) is 9.86 Å². The van der Waals surface area contributed by atoms with Crippen LogP contribution in [0.2, 0.25) is 0 Å². The molecule has 6 aromatic carbocycles. The summed E-state index contributed by atoms with van der Waals surface area (Å²) in [6, 6.07) is 44.9. The number of para-hydroxylation sites is 3. The molecular weight excluding hydrogens is 587 g/mol. The van der Waals surface area contributed by atoms with Crippen molar-refractivity contribution in [3.8, 4) is 16.8 Å². The lowest BCUT2D eigenvalue weighted by atomic mass is 9.96. The molecule has 0 N–H and O–H groups in total. The predicted octanol–water partition coefficient (Wildman–Crippen LogP) is 10.2. The maximum Gasteiger partial charge on any atom is 0.0899 e. The molecular formula is C36H23IN2. The second-order valence-corrected chi connectivity index (χ2v) is 12.1. The highest BCUT2D eigenvalue weighted by Gasteiger charge is 2.26. The van der Waals surface area contributed by atoms with Gasteiger partial charge < -0.3 is 9.13 Å². The molecule has 8 aromatic rings. The van der Waals surface area contributed by atoms with Gasteiger partial charge in [0.15, 0.2) is 0 Å². The summed E-state index contributed by atoms with van der Waals surface area (Å²) >= 11 is 2.60. The van der Waals surface area contributed by atoms with Crippen LogP contribution in [-0.4, -0.2) is 9.13 Å². The number of benzene rings is 6. The summed E-state index contributed by atoms with van der Waals surface area (Å²) in [5.74, 6) is 0. The number of fused-ring (bicyclic) bond motifs is 7. The van der Waals surface area contributed by atoms with E-state index in [1.807, 2.05) is 0 Å². The first kappa shape index (κ1) is 21.8. The number of halogens is 1. The fourth-order valence-electron chi connectivity index (χ4n) is 6.85. The maximum atomic E-state index is 2.60. The predicted molar refractivity (Wildman–Crippen MR) is 173 cm³/mol. The molecule has 1 aliphatic heterocycles. The third kappa shape index (κ3) is 3.02. The lowest BCUT2D eigenvalue weighted by molar-refractivity contribution is 0.803. The van der Waals surface area contributed by atoms with Gasteiger partial charge in [0, 0.05) is 33.7 Å². The van der Waals surface area contributed by atoms with Gasteiger partial charge in [0.2, 0.25) is 0 Å². The average Bonchev–Trinajstić information content (AvgIpc) is 3.61. The van der Waals surface area contributed by atoms with Crippen LogP contribution < -0.4 is 0 Å². The van der Waals surface area contributed by atoms with Crippen molar-refractivity contribution in [3.05, 3.63) is 127 Å². The van der Waals surface area contributed by atoms with Gasteiger partial charge in [-0.2, -0.15) is 0 Å². The molecule has 0 aliphatic carbocycles. The fourth-order valence-corrected chi connectivity index (χ4v) is 7.90. The zero-order valence-corrected chi connectivity index (χ0v) is 23.3. The van der Waals surface area contributed by atoms with Gasteiger partial charge in [0.25, 0.3) is 0 Å². The molecule has 1 atom stereocenters. The van der Waals surface area contributed by atoms with Gasteiger partial charge in [0.05, 0.1) is 26.1 Å². The Labute approximate surface area is 239 Å². The van der Waals surface area contributed by atoms with Crippen LogP contribution in [0.15, 0.2) is 121 Å². The van der Waals surface area contributed by atoms with Gasteiger partial charge in [0.1, 0.15) is 0 Å². The first-order chi connectivity index (χ1) is 19.2. The number of hydrogen-bond donors (Lipinski definition) is 0. The Kier molecular flexibility index (Phi) is 4.45. The SMILES string of the molecule is IC1Cc2cc(-c3ccc4cc5c(cc4c3)c3ccccc3n5-c3ccccc3)cc3c4ccccc4n1c23. The summed E-state index contributed by atoms with van der Waals surface area (Å²) in [4.78, 5) is 0. The standard InChI is InChI=1S/C36H23IN2/c37-35-21-26-17-25(19-31-29-11-5-7-13-33(29)39(35)36(26)31)22-14-15-23-20-34-30(18-24(23)16-22)28-10-4-6-12-32(28)38(34)27-8-2-1-3-9-27/h1-20,35H,21H2. The van der Waals surface area contributed by atoms with E-state index in [1.165, 1.54) is 76.8 Å². The van der Waals surface area contributed by atoms with Gasteiger partial charge in [-0.25, -0.2) is 0 Å². The second kappa shape index (κ2) is 7.96. The van der Waals surface area contributed by atoms with Crippen LogP contribution in [0.25, 0.3) is 71.2 Å². The van der Waals surface area contributed by atoms with E-state index in [1.54, 1.807) is 0 Å². The van der Waals surface area contributed by atoms with Crippen molar-refractivity contribution in [1.29, 1.82) is 0 Å². The molecule has 39 heavy (non-hydrogen) atoms. The molecule has 1 aliphatic rings. The maximum absolute atomic E-state index is 2.60. The summed E-state index contributed by atoms with van der Waals surface area (Å²) in [7, 11) is 0. The largest absolute Gasteiger partial charge is 0.327 e. The fraction of sp³-hybridized carbons (Fsp3) is 0.0556. The summed E-state index contributed by atoms with van der Waals surface area (Å²) < 4.78 is 5.38. The molecule has 2 aromatic heterocycles. The Bertz CT molecular complexity index is 2270. The van der Waals surface area contributed by atoms with Crippen molar-refractivity contribution >= 4 is 77.0 Å². The van der Waals surface area contributed by atoms with Gasteiger partial charge in [-0.3, -0.25) is 0 Å². The number of aromatic nitrogens is 2. The molecule has 184 valence electrons. The van der Waals surface area contributed by atoms with Crippen LogP contribution >= 0.6 is 22.6 Å². The first-order valence-electron chi connectivity index (χ1n) is 13.5.